The van der Waals surface area contributed by atoms with E-state index in [1.165, 1.54) is 47.5 Å². The third kappa shape index (κ3) is 8.15. The van der Waals surface area contributed by atoms with E-state index in [-0.39, 0.29) is 36.7 Å². The molecule has 2 aromatic heterocycles. The van der Waals surface area contributed by atoms with Crippen LogP contribution in [0.5, 0.6) is 0 Å². The van der Waals surface area contributed by atoms with Crippen LogP contribution in [-0.4, -0.2) is 56.9 Å². The molecule has 1 saturated heterocycles. The zero-order valence-corrected chi connectivity index (χ0v) is 30.5. The van der Waals surface area contributed by atoms with Gasteiger partial charge in [-0.25, -0.2) is 9.97 Å². The van der Waals surface area contributed by atoms with Gasteiger partial charge in [0.1, 0.15) is 6.04 Å². The van der Waals surface area contributed by atoms with E-state index in [0.717, 1.165) is 39.0 Å². The van der Waals surface area contributed by atoms with Gasteiger partial charge in [0.05, 0.1) is 10.8 Å². The van der Waals surface area contributed by atoms with Crippen LogP contribution in [-0.2, 0) is 21.4 Å². The van der Waals surface area contributed by atoms with E-state index < -0.39 is 17.9 Å². The lowest BCUT2D eigenvalue weighted by Gasteiger charge is -2.38. The molecule has 2 amide bonds. The molecular formula is C41H48N4O4S. The molecule has 0 bridgehead atoms. The molecule has 1 atom stereocenters. The van der Waals surface area contributed by atoms with Gasteiger partial charge in [0.2, 0.25) is 5.91 Å². The van der Waals surface area contributed by atoms with Crippen molar-refractivity contribution in [2.45, 2.75) is 84.1 Å². The number of aromatic nitrogens is 2. The van der Waals surface area contributed by atoms with E-state index in [2.05, 4.69) is 74.2 Å². The minimum Gasteiger partial charge on any atom is -0.481 e. The molecule has 2 aromatic carbocycles. The topological polar surface area (TPSA) is 112 Å². The Hall–Kier alpha value is -4.37. The standard InChI is InChI=1S/C41H48N4O4S/c1-25(2)27-10-12-28(13-11-27)29-14-16-30(17-15-29)32-21-42-37(43-22-32)31-8-6-26(7-9-31)20-34(39(47)45-23-33(24-45)40(48)49)44-38(46)35-18-19-36(50-35)41(3,4)5/h6-9,14-19,21-22,25,27-28,33-34H,10-13,20,23-24H2,1-5H3,(H,44,46)(H,48,49)/t27-,28-,34-/m0/s1. The SMILES string of the molecule is CC(C)[C@H]1CC[C@H](c2ccc(-c3cnc(-c4ccc(C[C@H](NC(=O)c5ccc(C(C)(C)C)s5)C(=O)N5CC(C(=O)O)C5)cc4)nc3)cc2)CC1. The molecule has 0 radical (unpaired) electrons. The number of benzene rings is 2. The minimum atomic E-state index is -0.916. The van der Waals surface area contributed by atoms with E-state index >= 15 is 0 Å². The van der Waals surface area contributed by atoms with Crippen LogP contribution in [0.4, 0.5) is 0 Å². The van der Waals surface area contributed by atoms with Gasteiger partial charge in [-0.15, -0.1) is 11.3 Å². The fraction of sp³-hybridized carbons (Fsp3) is 0.439. The van der Waals surface area contributed by atoms with Gasteiger partial charge in [0, 0.05) is 47.9 Å². The van der Waals surface area contributed by atoms with Crippen molar-refractivity contribution in [3.8, 4) is 22.5 Å². The second-order valence-corrected chi connectivity index (χ2v) is 16.5. The van der Waals surface area contributed by atoms with Crippen molar-refractivity contribution in [3.63, 3.8) is 0 Å². The quantitative estimate of drug-likeness (QED) is 0.174. The third-order valence-corrected chi connectivity index (χ3v) is 12.0. The lowest BCUT2D eigenvalue weighted by atomic mass is 9.75. The van der Waals surface area contributed by atoms with Gasteiger partial charge in [0.25, 0.3) is 5.91 Å². The Balaban J connectivity index is 1.11. The summed E-state index contributed by atoms with van der Waals surface area (Å²) < 4.78 is 0. The number of likely N-dealkylation sites (tertiary alicyclic amines) is 1. The molecule has 4 aromatic rings. The summed E-state index contributed by atoms with van der Waals surface area (Å²) in [4.78, 5) is 50.6. The summed E-state index contributed by atoms with van der Waals surface area (Å²) in [6, 6.07) is 19.5. The molecule has 2 fully saturated rings. The number of carboxylic acids is 1. The van der Waals surface area contributed by atoms with Crippen molar-refractivity contribution >= 4 is 29.1 Å². The molecule has 1 saturated carbocycles. The summed E-state index contributed by atoms with van der Waals surface area (Å²) in [7, 11) is 0. The molecule has 6 rings (SSSR count). The maximum absolute atomic E-state index is 13.5. The number of thiophene rings is 1. The molecule has 1 aliphatic heterocycles. The number of hydrogen-bond donors (Lipinski definition) is 2. The van der Waals surface area contributed by atoms with E-state index in [4.69, 9.17) is 0 Å². The Labute approximate surface area is 299 Å². The first-order valence-electron chi connectivity index (χ1n) is 17.8. The normalized spacial score (nSPS) is 18.8. The lowest BCUT2D eigenvalue weighted by molar-refractivity contribution is -0.153. The van der Waals surface area contributed by atoms with Crippen LogP contribution >= 0.6 is 11.3 Å². The number of aliphatic carboxylic acids is 1. The number of hydrogen-bond acceptors (Lipinski definition) is 6. The summed E-state index contributed by atoms with van der Waals surface area (Å²) in [5.41, 5.74) is 5.10. The molecule has 0 spiro atoms. The van der Waals surface area contributed by atoms with E-state index in [1.54, 1.807) is 6.07 Å². The van der Waals surface area contributed by atoms with Crippen molar-refractivity contribution in [2.24, 2.45) is 17.8 Å². The van der Waals surface area contributed by atoms with Gasteiger partial charge in [-0.05, 0) is 77.7 Å². The smallest absolute Gasteiger partial charge is 0.310 e. The van der Waals surface area contributed by atoms with Crippen molar-refractivity contribution in [3.05, 3.63) is 93.9 Å². The highest BCUT2D eigenvalue weighted by Crippen LogP contribution is 2.39. The fourth-order valence-electron chi connectivity index (χ4n) is 7.05. The van der Waals surface area contributed by atoms with Crippen LogP contribution in [0, 0.1) is 17.8 Å². The van der Waals surface area contributed by atoms with Crippen LogP contribution < -0.4 is 5.32 Å². The molecule has 50 heavy (non-hydrogen) atoms. The van der Waals surface area contributed by atoms with Crippen LogP contribution in [0.15, 0.2) is 73.1 Å². The lowest BCUT2D eigenvalue weighted by Crippen LogP contribution is -2.59. The van der Waals surface area contributed by atoms with E-state index in [1.807, 2.05) is 42.7 Å². The second kappa shape index (κ2) is 14.9. The Bertz CT molecular complexity index is 1790. The van der Waals surface area contributed by atoms with Gasteiger partial charge in [0.15, 0.2) is 5.82 Å². The highest BCUT2D eigenvalue weighted by molar-refractivity contribution is 7.14. The molecule has 3 heterocycles. The molecule has 8 nitrogen and oxygen atoms in total. The number of carboxylic acid groups (broad SMARTS) is 1. The maximum Gasteiger partial charge on any atom is 0.310 e. The van der Waals surface area contributed by atoms with Crippen LogP contribution in [0.3, 0.4) is 0 Å². The molecule has 2 N–H and O–H groups in total. The predicted octanol–water partition coefficient (Wildman–Crippen LogP) is 7.98. The first kappa shape index (κ1) is 35.5. The van der Waals surface area contributed by atoms with Gasteiger partial charge in [-0.3, -0.25) is 14.4 Å². The van der Waals surface area contributed by atoms with Crippen LogP contribution in [0.25, 0.3) is 22.5 Å². The summed E-state index contributed by atoms with van der Waals surface area (Å²) in [5, 5.41) is 12.3. The minimum absolute atomic E-state index is 0.0919. The number of carbonyl (C=O) groups is 3. The van der Waals surface area contributed by atoms with Crippen molar-refractivity contribution in [1.29, 1.82) is 0 Å². The first-order valence-corrected chi connectivity index (χ1v) is 18.6. The highest BCUT2D eigenvalue weighted by atomic mass is 32.1. The Morgan fingerprint density at radius 1 is 0.860 bits per heavy atom. The Kier molecular flexibility index (Phi) is 10.5. The van der Waals surface area contributed by atoms with Crippen LogP contribution in [0.2, 0.25) is 0 Å². The third-order valence-electron chi connectivity index (χ3n) is 10.4. The number of amides is 2. The number of nitrogens with one attached hydrogen (secondary N) is 1. The highest BCUT2D eigenvalue weighted by Gasteiger charge is 2.39. The van der Waals surface area contributed by atoms with Crippen molar-refractivity contribution < 1.29 is 19.5 Å². The molecular weight excluding hydrogens is 645 g/mol. The van der Waals surface area contributed by atoms with Gasteiger partial charge < -0.3 is 15.3 Å². The van der Waals surface area contributed by atoms with Crippen molar-refractivity contribution in [1.82, 2.24) is 20.2 Å². The molecule has 262 valence electrons. The summed E-state index contributed by atoms with van der Waals surface area (Å²) in [5.74, 6) is 0.793. The largest absolute Gasteiger partial charge is 0.481 e. The summed E-state index contributed by atoms with van der Waals surface area (Å²) in [6.07, 6.45) is 9.15. The average Bonchev–Trinajstić information content (AvgIpc) is 3.60. The van der Waals surface area contributed by atoms with E-state index in [0.29, 0.717) is 16.6 Å². The van der Waals surface area contributed by atoms with Gasteiger partial charge in [-0.1, -0.05) is 83.1 Å². The number of rotatable bonds is 10. The Morgan fingerprint density at radius 2 is 1.48 bits per heavy atom. The fourth-order valence-corrected chi connectivity index (χ4v) is 8.01. The number of carbonyl (C=O) groups excluding carboxylic acids is 2. The van der Waals surface area contributed by atoms with E-state index in [9.17, 15) is 19.5 Å². The monoisotopic (exact) mass is 692 g/mol. The zero-order valence-electron chi connectivity index (χ0n) is 29.7. The zero-order chi connectivity index (χ0) is 35.6. The number of nitrogens with zero attached hydrogens (tertiary/aromatic N) is 3. The van der Waals surface area contributed by atoms with Gasteiger partial charge in [-0.2, -0.15) is 0 Å². The Morgan fingerprint density at radius 3 is 2.04 bits per heavy atom. The molecule has 0 unspecified atom stereocenters. The maximum atomic E-state index is 13.5. The molecule has 9 heteroatoms. The van der Waals surface area contributed by atoms with Crippen LogP contribution in [0.1, 0.15) is 91.9 Å². The predicted molar refractivity (Wildman–Crippen MR) is 198 cm³/mol. The van der Waals surface area contributed by atoms with Gasteiger partial charge >= 0.3 is 5.97 Å². The second-order valence-electron chi connectivity index (χ2n) is 15.4. The van der Waals surface area contributed by atoms with Crippen molar-refractivity contribution in [2.75, 3.05) is 13.1 Å². The average molecular weight is 693 g/mol. The first-order chi connectivity index (χ1) is 23.9. The molecule has 2 aliphatic rings. The summed E-state index contributed by atoms with van der Waals surface area (Å²) in [6.45, 7) is 11.3. The molecule has 1 aliphatic carbocycles. The summed E-state index contributed by atoms with van der Waals surface area (Å²) >= 11 is 1.42.